The van der Waals surface area contributed by atoms with E-state index in [-0.39, 0.29) is 12.1 Å². The summed E-state index contributed by atoms with van der Waals surface area (Å²) >= 11 is 0. The lowest BCUT2D eigenvalue weighted by molar-refractivity contribution is -0.144. The van der Waals surface area contributed by atoms with E-state index in [2.05, 4.69) is 16.1 Å². The highest BCUT2D eigenvalue weighted by molar-refractivity contribution is 5.66. The van der Waals surface area contributed by atoms with Gasteiger partial charge in [-0.2, -0.15) is 0 Å². The number of carbonyl (C=O) groups excluding carboxylic acids is 1. The molecule has 0 saturated heterocycles. The Balaban J connectivity index is 2.29. The Kier molecular flexibility index (Phi) is 6.18. The maximum Gasteiger partial charge on any atom is 0.303 e. The summed E-state index contributed by atoms with van der Waals surface area (Å²) in [6.07, 6.45) is 8.11. The second-order valence-corrected chi connectivity index (χ2v) is 4.28. The van der Waals surface area contributed by atoms with Crippen LogP contribution >= 0.6 is 0 Å². The third-order valence-electron chi connectivity index (χ3n) is 2.79. The molecule has 0 aliphatic heterocycles. The molecule has 0 amide bonds. The lowest BCUT2D eigenvalue weighted by Gasteiger charge is -2.20. The molecule has 0 fully saturated rings. The SMILES string of the molecule is CC(=O)OC1C=C(CCCCN=[N+]=[N-])CCC1. The van der Waals surface area contributed by atoms with Crippen molar-refractivity contribution in [3.63, 3.8) is 0 Å². The van der Waals surface area contributed by atoms with Crippen LogP contribution in [-0.2, 0) is 9.53 Å². The van der Waals surface area contributed by atoms with Crippen molar-refractivity contribution in [3.05, 3.63) is 22.1 Å². The number of carbonyl (C=O) groups is 1. The lowest BCUT2D eigenvalue weighted by Crippen LogP contribution is -2.17. The number of hydrogen-bond acceptors (Lipinski definition) is 3. The number of ether oxygens (including phenoxy) is 1. The lowest BCUT2D eigenvalue weighted by atomic mass is 9.94. The number of allylic oxidation sites excluding steroid dienone is 1. The largest absolute Gasteiger partial charge is 0.458 e. The van der Waals surface area contributed by atoms with Crippen LogP contribution in [0.5, 0.6) is 0 Å². The minimum atomic E-state index is -0.212. The first-order chi connectivity index (χ1) is 8.22. The zero-order chi connectivity index (χ0) is 12.5. The van der Waals surface area contributed by atoms with Gasteiger partial charge >= 0.3 is 5.97 Å². The molecule has 0 bridgehead atoms. The summed E-state index contributed by atoms with van der Waals surface area (Å²) in [6.45, 7) is 2.01. The Morgan fingerprint density at radius 3 is 3.18 bits per heavy atom. The van der Waals surface area contributed by atoms with E-state index in [1.807, 2.05) is 0 Å². The molecule has 1 aliphatic carbocycles. The van der Waals surface area contributed by atoms with Gasteiger partial charge < -0.3 is 4.74 Å². The average molecular weight is 237 g/mol. The molecule has 0 N–H and O–H groups in total. The van der Waals surface area contributed by atoms with Gasteiger partial charge in [0, 0.05) is 18.4 Å². The predicted octanol–water partition coefficient (Wildman–Crippen LogP) is 3.51. The molecule has 0 aromatic rings. The number of esters is 1. The Morgan fingerprint density at radius 1 is 1.65 bits per heavy atom. The molecule has 94 valence electrons. The van der Waals surface area contributed by atoms with Crippen molar-refractivity contribution >= 4 is 5.97 Å². The Hall–Kier alpha value is -1.48. The van der Waals surface area contributed by atoms with Gasteiger partial charge in [0.1, 0.15) is 6.10 Å². The first kappa shape index (κ1) is 13.6. The molecule has 1 aliphatic rings. The minimum Gasteiger partial charge on any atom is -0.458 e. The van der Waals surface area contributed by atoms with Crippen LogP contribution in [0.4, 0.5) is 0 Å². The Labute approximate surface area is 101 Å². The molecule has 0 spiro atoms. The number of azide groups is 1. The quantitative estimate of drug-likeness (QED) is 0.177. The molecule has 5 nitrogen and oxygen atoms in total. The Bertz CT molecular complexity index is 333. The van der Waals surface area contributed by atoms with Crippen LogP contribution < -0.4 is 0 Å². The molecular formula is C12H19N3O2. The molecule has 17 heavy (non-hydrogen) atoms. The third kappa shape index (κ3) is 5.97. The highest BCUT2D eigenvalue weighted by Gasteiger charge is 2.15. The molecule has 1 unspecified atom stereocenters. The van der Waals surface area contributed by atoms with E-state index >= 15 is 0 Å². The van der Waals surface area contributed by atoms with Crippen LogP contribution in [0, 0.1) is 0 Å². The normalized spacial score (nSPS) is 19.1. The summed E-state index contributed by atoms with van der Waals surface area (Å²) in [4.78, 5) is 13.6. The van der Waals surface area contributed by atoms with Crippen LogP contribution in [0.2, 0.25) is 0 Å². The van der Waals surface area contributed by atoms with Crippen LogP contribution in [0.25, 0.3) is 10.4 Å². The monoisotopic (exact) mass is 237 g/mol. The maximum atomic E-state index is 10.9. The fraction of sp³-hybridized carbons (Fsp3) is 0.750. The summed E-state index contributed by atoms with van der Waals surface area (Å²) in [5.74, 6) is -0.212. The van der Waals surface area contributed by atoms with Gasteiger partial charge in [-0.1, -0.05) is 10.7 Å². The first-order valence-electron chi connectivity index (χ1n) is 6.10. The van der Waals surface area contributed by atoms with Crippen molar-refractivity contribution < 1.29 is 9.53 Å². The van der Waals surface area contributed by atoms with Crippen molar-refractivity contribution in [2.24, 2.45) is 5.11 Å². The number of unbranched alkanes of at least 4 members (excludes halogenated alkanes) is 1. The van der Waals surface area contributed by atoms with Crippen molar-refractivity contribution in [1.82, 2.24) is 0 Å². The van der Waals surface area contributed by atoms with E-state index in [9.17, 15) is 4.79 Å². The van der Waals surface area contributed by atoms with Crippen LogP contribution in [0.3, 0.4) is 0 Å². The second-order valence-electron chi connectivity index (χ2n) is 4.28. The van der Waals surface area contributed by atoms with Gasteiger partial charge in [0.05, 0.1) is 0 Å². The van der Waals surface area contributed by atoms with E-state index in [4.69, 9.17) is 10.3 Å². The van der Waals surface area contributed by atoms with Crippen LogP contribution in [-0.4, -0.2) is 18.6 Å². The molecule has 0 heterocycles. The molecule has 0 radical (unpaired) electrons. The zero-order valence-corrected chi connectivity index (χ0v) is 10.3. The van der Waals surface area contributed by atoms with E-state index in [1.165, 1.54) is 12.5 Å². The minimum absolute atomic E-state index is 0.0339. The number of hydrogen-bond donors (Lipinski definition) is 0. The average Bonchev–Trinajstić information content (AvgIpc) is 2.28. The summed E-state index contributed by atoms with van der Waals surface area (Å²) in [7, 11) is 0. The van der Waals surface area contributed by atoms with E-state index < -0.39 is 0 Å². The van der Waals surface area contributed by atoms with E-state index in [0.717, 1.165) is 38.5 Å². The molecule has 0 saturated carbocycles. The van der Waals surface area contributed by atoms with Gasteiger partial charge in [0.2, 0.25) is 0 Å². The molecule has 5 heteroatoms. The fourth-order valence-corrected chi connectivity index (χ4v) is 2.05. The summed E-state index contributed by atoms with van der Waals surface area (Å²) < 4.78 is 5.18. The van der Waals surface area contributed by atoms with Crippen molar-refractivity contribution in [2.45, 2.75) is 51.6 Å². The van der Waals surface area contributed by atoms with Crippen LogP contribution in [0.1, 0.15) is 45.4 Å². The highest BCUT2D eigenvalue weighted by atomic mass is 16.5. The van der Waals surface area contributed by atoms with Gasteiger partial charge in [-0.25, -0.2) is 0 Å². The topological polar surface area (TPSA) is 75.1 Å². The number of rotatable bonds is 6. The van der Waals surface area contributed by atoms with Gasteiger partial charge in [0.25, 0.3) is 0 Å². The molecule has 1 atom stereocenters. The van der Waals surface area contributed by atoms with Crippen molar-refractivity contribution in [3.8, 4) is 0 Å². The van der Waals surface area contributed by atoms with E-state index in [1.54, 1.807) is 0 Å². The van der Waals surface area contributed by atoms with Gasteiger partial charge in [0.15, 0.2) is 0 Å². The van der Waals surface area contributed by atoms with E-state index in [0.29, 0.717) is 6.54 Å². The molecule has 0 aromatic carbocycles. The van der Waals surface area contributed by atoms with Crippen LogP contribution in [0.15, 0.2) is 16.8 Å². The molecule has 1 rings (SSSR count). The smallest absolute Gasteiger partial charge is 0.303 e. The number of nitrogens with zero attached hydrogens (tertiary/aromatic N) is 3. The zero-order valence-electron chi connectivity index (χ0n) is 10.3. The molecular weight excluding hydrogens is 218 g/mol. The van der Waals surface area contributed by atoms with Gasteiger partial charge in [-0.05, 0) is 50.1 Å². The predicted molar refractivity (Wildman–Crippen MR) is 65.4 cm³/mol. The third-order valence-corrected chi connectivity index (χ3v) is 2.79. The standard InChI is InChI=1S/C12H19N3O2/c1-10(16)17-12-7-4-6-11(9-12)5-2-3-8-14-15-13/h9,12H,2-8H2,1H3. The van der Waals surface area contributed by atoms with Crippen molar-refractivity contribution in [2.75, 3.05) is 6.54 Å². The first-order valence-corrected chi connectivity index (χ1v) is 6.10. The summed E-state index contributed by atoms with van der Waals surface area (Å²) in [5, 5.41) is 3.50. The highest BCUT2D eigenvalue weighted by Crippen LogP contribution is 2.24. The summed E-state index contributed by atoms with van der Waals surface area (Å²) in [5.41, 5.74) is 9.50. The second kappa shape index (κ2) is 7.74. The fourth-order valence-electron chi connectivity index (χ4n) is 2.05. The van der Waals surface area contributed by atoms with Crippen molar-refractivity contribution in [1.29, 1.82) is 0 Å². The molecule has 0 aromatic heterocycles. The van der Waals surface area contributed by atoms with Gasteiger partial charge in [-0.3, -0.25) is 4.79 Å². The maximum absolute atomic E-state index is 10.9. The Morgan fingerprint density at radius 2 is 2.47 bits per heavy atom. The van der Waals surface area contributed by atoms with Gasteiger partial charge in [-0.15, -0.1) is 0 Å². The summed E-state index contributed by atoms with van der Waals surface area (Å²) in [6, 6.07) is 0.